The molecule has 0 radical (unpaired) electrons. The molecule has 0 aliphatic carbocycles. The Morgan fingerprint density at radius 1 is 1.21 bits per heavy atom. The topological polar surface area (TPSA) is 73.9 Å². The number of ether oxygens (including phenoxy) is 3. The first kappa shape index (κ1) is 19.7. The molecule has 0 heterocycles. The lowest BCUT2D eigenvalue weighted by Gasteiger charge is -2.22. The van der Waals surface area contributed by atoms with E-state index in [9.17, 15) is 14.0 Å². The lowest BCUT2D eigenvalue weighted by atomic mass is 10.1. The molecule has 0 aromatic heterocycles. The van der Waals surface area contributed by atoms with Crippen molar-refractivity contribution >= 4 is 12.1 Å². The van der Waals surface area contributed by atoms with Gasteiger partial charge in [0.1, 0.15) is 30.7 Å². The van der Waals surface area contributed by atoms with Gasteiger partial charge in [-0.2, -0.15) is 0 Å². The highest BCUT2D eigenvalue weighted by atomic mass is 19.1. The van der Waals surface area contributed by atoms with Gasteiger partial charge in [0.25, 0.3) is 0 Å². The highest BCUT2D eigenvalue weighted by Crippen LogP contribution is 2.14. The van der Waals surface area contributed by atoms with Crippen LogP contribution in [0.3, 0.4) is 0 Å². The zero-order chi connectivity index (χ0) is 18.2. The van der Waals surface area contributed by atoms with Gasteiger partial charge >= 0.3 is 12.1 Å². The van der Waals surface area contributed by atoms with Crippen molar-refractivity contribution in [3.8, 4) is 5.75 Å². The maximum atomic E-state index is 12.1. The second-order valence-electron chi connectivity index (χ2n) is 6.11. The van der Waals surface area contributed by atoms with E-state index in [4.69, 9.17) is 14.2 Å². The maximum absolute atomic E-state index is 12.1. The Bertz CT molecular complexity index is 539. The number of rotatable bonds is 7. The van der Waals surface area contributed by atoms with Crippen LogP contribution in [0.25, 0.3) is 0 Å². The number of methoxy groups -OCH3 is 1. The molecule has 24 heavy (non-hydrogen) atoms. The van der Waals surface area contributed by atoms with Crippen LogP contribution in [0, 0.1) is 0 Å². The van der Waals surface area contributed by atoms with E-state index in [0.29, 0.717) is 5.75 Å². The van der Waals surface area contributed by atoms with Gasteiger partial charge in [-0.1, -0.05) is 12.1 Å². The maximum Gasteiger partial charge on any atom is 0.408 e. The molecular formula is C17H24FNO5. The molecule has 6 nitrogen and oxygen atoms in total. The van der Waals surface area contributed by atoms with E-state index in [1.165, 1.54) is 7.11 Å². The molecule has 1 amide bonds. The van der Waals surface area contributed by atoms with Gasteiger partial charge < -0.3 is 19.5 Å². The molecule has 0 aliphatic rings. The van der Waals surface area contributed by atoms with Crippen LogP contribution in [0.5, 0.6) is 5.75 Å². The Balaban J connectivity index is 2.72. The average Bonchev–Trinajstić information content (AvgIpc) is 2.51. The number of alkyl carbamates (subject to hydrolysis) is 1. The van der Waals surface area contributed by atoms with Gasteiger partial charge in [0.05, 0.1) is 7.11 Å². The normalized spacial score (nSPS) is 12.2. The van der Waals surface area contributed by atoms with Crippen molar-refractivity contribution in [2.75, 3.05) is 20.4 Å². The van der Waals surface area contributed by atoms with E-state index < -0.39 is 30.4 Å². The average molecular weight is 341 g/mol. The summed E-state index contributed by atoms with van der Waals surface area (Å²) in [5, 5.41) is 2.51. The molecule has 0 unspecified atom stereocenters. The third-order valence-corrected chi connectivity index (χ3v) is 2.89. The molecule has 1 aromatic carbocycles. The number of carbonyl (C=O) groups excluding carboxylic acids is 2. The number of nitrogens with one attached hydrogen (secondary N) is 1. The van der Waals surface area contributed by atoms with Crippen LogP contribution in [0.2, 0.25) is 0 Å². The van der Waals surface area contributed by atoms with Gasteiger partial charge in [-0.3, -0.25) is 0 Å². The summed E-state index contributed by atoms with van der Waals surface area (Å²) >= 11 is 0. The van der Waals surface area contributed by atoms with Crippen molar-refractivity contribution < 1.29 is 28.2 Å². The Hall–Kier alpha value is -2.31. The first-order valence-electron chi connectivity index (χ1n) is 7.60. The third-order valence-electron chi connectivity index (χ3n) is 2.89. The molecule has 7 heteroatoms. The molecule has 0 saturated carbocycles. The van der Waals surface area contributed by atoms with Crippen LogP contribution in [-0.4, -0.2) is 44.1 Å². The summed E-state index contributed by atoms with van der Waals surface area (Å²) in [7, 11) is 1.25. The predicted molar refractivity (Wildman–Crippen MR) is 86.8 cm³/mol. The molecule has 0 fully saturated rings. The zero-order valence-corrected chi connectivity index (χ0v) is 14.4. The molecule has 1 aromatic rings. The van der Waals surface area contributed by atoms with E-state index >= 15 is 0 Å². The Morgan fingerprint density at radius 2 is 1.83 bits per heavy atom. The van der Waals surface area contributed by atoms with Gasteiger partial charge in [-0.15, -0.1) is 0 Å². The number of benzene rings is 1. The van der Waals surface area contributed by atoms with E-state index in [1.807, 2.05) is 0 Å². The lowest BCUT2D eigenvalue weighted by molar-refractivity contribution is -0.143. The summed E-state index contributed by atoms with van der Waals surface area (Å²) < 4.78 is 27.1. The standard InChI is InChI=1S/C17H24FNO5/c1-17(2,3)24-16(21)19-14(15(20)22-4)11-12-5-7-13(8-6-12)23-10-9-18/h5-8,14H,9-11H2,1-4H3,(H,19,21)/t14-/m1/s1. The number of carbonyl (C=O) groups is 2. The smallest absolute Gasteiger partial charge is 0.408 e. The first-order chi connectivity index (χ1) is 11.2. The minimum atomic E-state index is -0.873. The number of hydrogen-bond acceptors (Lipinski definition) is 5. The van der Waals surface area contributed by atoms with E-state index in [1.54, 1.807) is 45.0 Å². The fourth-order valence-electron chi connectivity index (χ4n) is 1.90. The quantitative estimate of drug-likeness (QED) is 0.772. The first-order valence-corrected chi connectivity index (χ1v) is 7.60. The summed E-state index contributed by atoms with van der Waals surface area (Å²) in [4.78, 5) is 23.7. The number of esters is 1. The van der Waals surface area contributed by atoms with Gasteiger partial charge in [0.2, 0.25) is 0 Å². The number of halogens is 1. The highest BCUT2D eigenvalue weighted by molar-refractivity contribution is 5.81. The van der Waals surface area contributed by atoms with Crippen molar-refractivity contribution in [2.24, 2.45) is 0 Å². The summed E-state index contributed by atoms with van der Waals surface area (Å²) in [5.74, 6) is -0.0373. The fraction of sp³-hybridized carbons (Fsp3) is 0.529. The Kier molecular flexibility index (Phi) is 7.48. The summed E-state index contributed by atoms with van der Waals surface area (Å²) in [5.41, 5.74) is 0.120. The molecule has 0 bridgehead atoms. The monoisotopic (exact) mass is 341 g/mol. The molecule has 134 valence electrons. The highest BCUT2D eigenvalue weighted by Gasteiger charge is 2.25. The minimum Gasteiger partial charge on any atom is -0.491 e. The van der Waals surface area contributed by atoms with Gasteiger partial charge in [-0.05, 0) is 38.5 Å². The Labute approximate surface area is 141 Å². The van der Waals surface area contributed by atoms with Crippen molar-refractivity contribution in [1.82, 2.24) is 5.32 Å². The molecule has 1 N–H and O–H groups in total. The summed E-state index contributed by atoms with van der Waals surface area (Å²) in [6.07, 6.45) is -0.462. The number of amides is 1. The van der Waals surface area contributed by atoms with Crippen LogP contribution in [-0.2, 0) is 20.7 Å². The van der Waals surface area contributed by atoms with Crippen molar-refractivity contribution in [3.05, 3.63) is 29.8 Å². The van der Waals surface area contributed by atoms with Crippen LogP contribution in [0.15, 0.2) is 24.3 Å². The van der Waals surface area contributed by atoms with E-state index in [0.717, 1.165) is 5.56 Å². The number of hydrogen-bond donors (Lipinski definition) is 1. The molecule has 0 saturated heterocycles. The fourth-order valence-corrected chi connectivity index (χ4v) is 1.90. The largest absolute Gasteiger partial charge is 0.491 e. The summed E-state index contributed by atoms with van der Waals surface area (Å²) in [6.45, 7) is 4.62. The van der Waals surface area contributed by atoms with E-state index in [-0.39, 0.29) is 13.0 Å². The van der Waals surface area contributed by atoms with E-state index in [2.05, 4.69) is 5.32 Å². The van der Waals surface area contributed by atoms with Gasteiger partial charge in [-0.25, -0.2) is 14.0 Å². The zero-order valence-electron chi connectivity index (χ0n) is 14.4. The molecule has 1 rings (SSSR count). The molecule has 1 atom stereocenters. The number of alkyl halides is 1. The third kappa shape index (κ3) is 7.30. The SMILES string of the molecule is COC(=O)[C@@H](Cc1ccc(OCCF)cc1)NC(=O)OC(C)(C)C. The van der Waals surface area contributed by atoms with Crippen LogP contribution >= 0.6 is 0 Å². The summed E-state index contributed by atoms with van der Waals surface area (Å²) in [6, 6.07) is 5.95. The lowest BCUT2D eigenvalue weighted by Crippen LogP contribution is -2.45. The minimum absolute atomic E-state index is 0.00959. The second-order valence-corrected chi connectivity index (χ2v) is 6.11. The van der Waals surface area contributed by atoms with Gasteiger partial charge in [0, 0.05) is 6.42 Å². The predicted octanol–water partition coefficient (Wildman–Crippen LogP) is 2.64. The van der Waals surface area contributed by atoms with Crippen LogP contribution in [0.4, 0.5) is 9.18 Å². The van der Waals surface area contributed by atoms with Crippen LogP contribution < -0.4 is 10.1 Å². The molecule has 0 spiro atoms. The van der Waals surface area contributed by atoms with Crippen molar-refractivity contribution in [2.45, 2.75) is 38.8 Å². The van der Waals surface area contributed by atoms with Crippen molar-refractivity contribution in [3.63, 3.8) is 0 Å². The van der Waals surface area contributed by atoms with Crippen molar-refractivity contribution in [1.29, 1.82) is 0 Å². The molecular weight excluding hydrogens is 317 g/mol. The second kappa shape index (κ2) is 9.10. The Morgan fingerprint density at radius 3 is 2.33 bits per heavy atom. The van der Waals surface area contributed by atoms with Crippen LogP contribution in [0.1, 0.15) is 26.3 Å². The molecule has 0 aliphatic heterocycles. The van der Waals surface area contributed by atoms with Gasteiger partial charge in [0.15, 0.2) is 0 Å².